The molecule has 110 valence electrons. The highest BCUT2D eigenvalue weighted by atomic mass is 16.5. The van der Waals surface area contributed by atoms with Crippen molar-refractivity contribution in [3.63, 3.8) is 0 Å². The number of rotatable bonds is 6. The van der Waals surface area contributed by atoms with Gasteiger partial charge in [0, 0.05) is 29.7 Å². The van der Waals surface area contributed by atoms with Crippen molar-refractivity contribution in [3.8, 4) is 5.75 Å². The summed E-state index contributed by atoms with van der Waals surface area (Å²) in [6, 6.07) is 6.46. The van der Waals surface area contributed by atoms with Gasteiger partial charge in [-0.05, 0) is 58.0 Å². The van der Waals surface area contributed by atoms with E-state index in [1.165, 1.54) is 22.2 Å². The van der Waals surface area contributed by atoms with E-state index in [2.05, 4.69) is 55.8 Å². The maximum Gasteiger partial charge on any atom is 0.120 e. The van der Waals surface area contributed by atoms with Crippen LogP contribution in [0, 0.1) is 6.92 Å². The second kappa shape index (κ2) is 6.31. The molecule has 1 aromatic heterocycles. The highest BCUT2D eigenvalue weighted by Crippen LogP contribution is 2.30. The van der Waals surface area contributed by atoms with Gasteiger partial charge >= 0.3 is 0 Å². The van der Waals surface area contributed by atoms with Gasteiger partial charge in [-0.1, -0.05) is 6.92 Å². The predicted octanol–water partition coefficient (Wildman–Crippen LogP) is 3.87. The smallest absolute Gasteiger partial charge is 0.120 e. The van der Waals surface area contributed by atoms with Gasteiger partial charge in [0.05, 0.1) is 6.10 Å². The van der Waals surface area contributed by atoms with Crippen LogP contribution in [0.1, 0.15) is 38.4 Å². The van der Waals surface area contributed by atoms with Crippen LogP contribution in [0.25, 0.3) is 10.9 Å². The quantitative estimate of drug-likeness (QED) is 0.865. The van der Waals surface area contributed by atoms with Crippen LogP contribution >= 0.6 is 0 Å². The highest BCUT2D eigenvalue weighted by molar-refractivity contribution is 5.87. The lowest BCUT2D eigenvalue weighted by molar-refractivity contribution is 0.217. The van der Waals surface area contributed by atoms with Gasteiger partial charge in [-0.25, -0.2) is 0 Å². The van der Waals surface area contributed by atoms with Crippen LogP contribution in [0.2, 0.25) is 0 Å². The van der Waals surface area contributed by atoms with Gasteiger partial charge < -0.3 is 14.6 Å². The Morgan fingerprint density at radius 1 is 1.30 bits per heavy atom. The summed E-state index contributed by atoms with van der Waals surface area (Å²) in [5, 5.41) is 4.58. The number of aryl methyl sites for hydroxylation is 1. The van der Waals surface area contributed by atoms with Crippen LogP contribution in [0.4, 0.5) is 0 Å². The van der Waals surface area contributed by atoms with E-state index < -0.39 is 0 Å². The van der Waals surface area contributed by atoms with Crippen molar-refractivity contribution < 1.29 is 4.74 Å². The molecule has 0 radical (unpaired) electrons. The predicted molar refractivity (Wildman–Crippen MR) is 85.5 cm³/mol. The molecule has 0 bridgehead atoms. The van der Waals surface area contributed by atoms with Crippen molar-refractivity contribution in [1.82, 2.24) is 9.88 Å². The molecule has 1 heterocycles. The van der Waals surface area contributed by atoms with Crippen molar-refractivity contribution in [1.29, 1.82) is 0 Å². The summed E-state index contributed by atoms with van der Waals surface area (Å²) in [6.07, 6.45) is 1.28. The Labute approximate surface area is 121 Å². The molecule has 0 saturated heterocycles. The van der Waals surface area contributed by atoms with E-state index in [0.717, 1.165) is 25.3 Å². The number of hydrogen-bond acceptors (Lipinski definition) is 2. The van der Waals surface area contributed by atoms with Crippen molar-refractivity contribution in [3.05, 3.63) is 29.5 Å². The highest BCUT2D eigenvalue weighted by Gasteiger charge is 2.13. The largest absolute Gasteiger partial charge is 0.491 e. The van der Waals surface area contributed by atoms with Gasteiger partial charge in [-0.15, -0.1) is 0 Å². The molecule has 2 aromatic rings. The standard InChI is InChI=1S/C17H26N2O/c1-6-12(3)20-14-8-9-17-15(10-14)16(11-18-5)13(4)19(17)7-2/h8-10,12,18H,6-7,11H2,1-5H3/t12-/m1/s1. The number of hydrogen-bond donors (Lipinski definition) is 1. The molecule has 0 aliphatic heterocycles. The molecule has 0 unspecified atom stereocenters. The van der Waals surface area contributed by atoms with Gasteiger partial charge in [0.15, 0.2) is 0 Å². The first-order chi connectivity index (χ1) is 9.62. The molecule has 0 spiro atoms. The van der Waals surface area contributed by atoms with Crippen LogP contribution in [0.3, 0.4) is 0 Å². The minimum absolute atomic E-state index is 0.259. The van der Waals surface area contributed by atoms with E-state index >= 15 is 0 Å². The Morgan fingerprint density at radius 2 is 2.05 bits per heavy atom. The first-order valence-electron chi connectivity index (χ1n) is 7.55. The van der Waals surface area contributed by atoms with Crippen molar-refractivity contribution >= 4 is 10.9 Å². The molecule has 2 rings (SSSR count). The summed E-state index contributed by atoms with van der Waals surface area (Å²) >= 11 is 0. The summed E-state index contributed by atoms with van der Waals surface area (Å²) in [5.41, 5.74) is 4.02. The number of ether oxygens (including phenoxy) is 1. The van der Waals surface area contributed by atoms with Crippen LogP contribution in [-0.2, 0) is 13.1 Å². The zero-order valence-corrected chi connectivity index (χ0v) is 13.3. The molecule has 3 nitrogen and oxygen atoms in total. The van der Waals surface area contributed by atoms with E-state index in [9.17, 15) is 0 Å². The number of nitrogens with zero attached hydrogens (tertiary/aromatic N) is 1. The van der Waals surface area contributed by atoms with Crippen LogP contribution in [0.15, 0.2) is 18.2 Å². The summed E-state index contributed by atoms with van der Waals surface area (Å²) in [5.74, 6) is 0.970. The molecule has 20 heavy (non-hydrogen) atoms. The molecule has 0 saturated carbocycles. The SMILES string of the molecule is CC[C@@H](C)Oc1ccc2c(c1)c(CNC)c(C)n2CC. The van der Waals surface area contributed by atoms with Gasteiger partial charge in [0.2, 0.25) is 0 Å². The molecule has 0 amide bonds. The molecule has 0 aliphatic carbocycles. The Balaban J connectivity index is 2.51. The number of aromatic nitrogens is 1. The minimum Gasteiger partial charge on any atom is -0.491 e. The Hall–Kier alpha value is -1.48. The molecule has 3 heteroatoms. The first kappa shape index (κ1) is 14.9. The fourth-order valence-electron chi connectivity index (χ4n) is 2.73. The number of nitrogens with one attached hydrogen (secondary N) is 1. The van der Waals surface area contributed by atoms with E-state index in [-0.39, 0.29) is 6.10 Å². The molecular weight excluding hydrogens is 248 g/mol. The van der Waals surface area contributed by atoms with Gasteiger partial charge in [-0.3, -0.25) is 0 Å². The van der Waals surface area contributed by atoms with Crippen LogP contribution in [-0.4, -0.2) is 17.7 Å². The normalized spacial score (nSPS) is 12.8. The third-order valence-electron chi connectivity index (χ3n) is 4.01. The third kappa shape index (κ3) is 2.68. The average Bonchev–Trinajstić information content (AvgIpc) is 2.71. The van der Waals surface area contributed by atoms with Crippen molar-refractivity contribution in [2.75, 3.05) is 7.05 Å². The van der Waals surface area contributed by atoms with Gasteiger partial charge in [-0.2, -0.15) is 0 Å². The van der Waals surface area contributed by atoms with Crippen molar-refractivity contribution in [2.24, 2.45) is 0 Å². The molecule has 1 N–H and O–H groups in total. The molecular formula is C17H26N2O. The molecule has 1 aromatic carbocycles. The van der Waals surface area contributed by atoms with Crippen molar-refractivity contribution in [2.45, 2.75) is 53.3 Å². The van der Waals surface area contributed by atoms with E-state index in [4.69, 9.17) is 4.74 Å². The molecule has 0 fully saturated rings. The number of fused-ring (bicyclic) bond motifs is 1. The van der Waals surface area contributed by atoms with Gasteiger partial charge in [0.1, 0.15) is 5.75 Å². The van der Waals surface area contributed by atoms with E-state index in [1.807, 2.05) is 7.05 Å². The topological polar surface area (TPSA) is 26.2 Å². The minimum atomic E-state index is 0.259. The monoisotopic (exact) mass is 274 g/mol. The zero-order chi connectivity index (χ0) is 14.7. The first-order valence-corrected chi connectivity index (χ1v) is 7.55. The third-order valence-corrected chi connectivity index (χ3v) is 4.01. The summed E-state index contributed by atoms with van der Waals surface area (Å²) in [6.45, 7) is 10.5. The second-order valence-electron chi connectivity index (χ2n) is 5.35. The Morgan fingerprint density at radius 3 is 2.65 bits per heavy atom. The number of benzene rings is 1. The fraction of sp³-hybridized carbons (Fsp3) is 0.529. The molecule has 0 aliphatic rings. The van der Waals surface area contributed by atoms with Crippen LogP contribution in [0.5, 0.6) is 5.75 Å². The van der Waals surface area contributed by atoms with E-state index in [0.29, 0.717) is 0 Å². The second-order valence-corrected chi connectivity index (χ2v) is 5.35. The lowest BCUT2D eigenvalue weighted by Gasteiger charge is -2.13. The Bertz CT molecular complexity index is 586. The average molecular weight is 274 g/mol. The Kier molecular flexibility index (Phi) is 4.71. The van der Waals surface area contributed by atoms with E-state index in [1.54, 1.807) is 0 Å². The zero-order valence-electron chi connectivity index (χ0n) is 13.3. The summed E-state index contributed by atoms with van der Waals surface area (Å²) in [7, 11) is 1.99. The lowest BCUT2D eigenvalue weighted by Crippen LogP contribution is -2.09. The van der Waals surface area contributed by atoms with Crippen LogP contribution < -0.4 is 10.1 Å². The molecule has 1 atom stereocenters. The summed E-state index contributed by atoms with van der Waals surface area (Å²) in [4.78, 5) is 0. The lowest BCUT2D eigenvalue weighted by atomic mass is 10.1. The maximum absolute atomic E-state index is 5.96. The maximum atomic E-state index is 5.96. The van der Waals surface area contributed by atoms with Gasteiger partial charge in [0.25, 0.3) is 0 Å². The fourth-order valence-corrected chi connectivity index (χ4v) is 2.73. The summed E-state index contributed by atoms with van der Waals surface area (Å²) < 4.78 is 8.33.